The molecular weight excluding hydrogens is 162 g/mol. The molecule has 13 heavy (non-hydrogen) atoms. The standard InChI is InChI=1S/C11H21NO/c1-2-9-7-5-3-4-6-8-10(9)11(12)13/h9-10H,2-8H2,1H3,(H2,12,13). The van der Waals surface area contributed by atoms with E-state index in [1.165, 1.54) is 32.1 Å². The van der Waals surface area contributed by atoms with E-state index in [9.17, 15) is 4.79 Å². The first-order valence-electron chi connectivity index (χ1n) is 5.55. The van der Waals surface area contributed by atoms with Crippen molar-refractivity contribution in [2.24, 2.45) is 17.6 Å². The number of hydrogen-bond acceptors (Lipinski definition) is 1. The Hall–Kier alpha value is -0.530. The molecule has 1 fully saturated rings. The van der Waals surface area contributed by atoms with E-state index in [2.05, 4.69) is 6.92 Å². The molecule has 0 bridgehead atoms. The first-order valence-corrected chi connectivity index (χ1v) is 5.55. The fourth-order valence-electron chi connectivity index (χ4n) is 2.42. The van der Waals surface area contributed by atoms with Crippen molar-refractivity contribution in [3.8, 4) is 0 Å². The monoisotopic (exact) mass is 183 g/mol. The summed E-state index contributed by atoms with van der Waals surface area (Å²) in [6.45, 7) is 2.17. The zero-order valence-electron chi connectivity index (χ0n) is 8.59. The summed E-state index contributed by atoms with van der Waals surface area (Å²) in [5, 5.41) is 0. The summed E-state index contributed by atoms with van der Waals surface area (Å²) < 4.78 is 0. The largest absolute Gasteiger partial charge is 0.369 e. The molecule has 1 aliphatic carbocycles. The van der Waals surface area contributed by atoms with E-state index in [1.54, 1.807) is 0 Å². The minimum atomic E-state index is -0.0752. The molecule has 1 amide bonds. The van der Waals surface area contributed by atoms with E-state index in [-0.39, 0.29) is 11.8 Å². The Morgan fingerprint density at radius 3 is 2.38 bits per heavy atom. The summed E-state index contributed by atoms with van der Waals surface area (Å²) in [5.41, 5.74) is 5.41. The third kappa shape index (κ3) is 3.02. The third-order valence-electron chi connectivity index (χ3n) is 3.30. The Morgan fingerprint density at radius 1 is 1.23 bits per heavy atom. The molecule has 0 radical (unpaired) electrons. The van der Waals surface area contributed by atoms with Gasteiger partial charge in [-0.25, -0.2) is 0 Å². The fraction of sp³-hybridized carbons (Fsp3) is 0.909. The zero-order valence-corrected chi connectivity index (χ0v) is 8.59. The number of rotatable bonds is 2. The Labute approximate surface area is 80.9 Å². The van der Waals surface area contributed by atoms with E-state index < -0.39 is 0 Å². The lowest BCUT2D eigenvalue weighted by atomic mass is 9.80. The molecular formula is C11H21NO. The summed E-state index contributed by atoms with van der Waals surface area (Å²) in [7, 11) is 0. The molecule has 1 rings (SSSR count). The summed E-state index contributed by atoms with van der Waals surface area (Å²) >= 11 is 0. The van der Waals surface area contributed by atoms with Gasteiger partial charge in [0.25, 0.3) is 0 Å². The number of carbonyl (C=O) groups is 1. The van der Waals surface area contributed by atoms with Crippen LogP contribution in [0.5, 0.6) is 0 Å². The first kappa shape index (κ1) is 10.6. The minimum Gasteiger partial charge on any atom is -0.369 e. The van der Waals surface area contributed by atoms with Gasteiger partial charge in [0.2, 0.25) is 5.91 Å². The van der Waals surface area contributed by atoms with E-state index in [0.717, 1.165) is 12.8 Å². The summed E-state index contributed by atoms with van der Waals surface area (Å²) in [6, 6.07) is 0. The van der Waals surface area contributed by atoms with Gasteiger partial charge in [-0.15, -0.1) is 0 Å². The lowest BCUT2D eigenvalue weighted by molar-refractivity contribution is -0.124. The normalized spacial score (nSPS) is 30.5. The van der Waals surface area contributed by atoms with Crippen LogP contribution in [-0.4, -0.2) is 5.91 Å². The molecule has 0 aromatic rings. The van der Waals surface area contributed by atoms with Crippen LogP contribution in [0.1, 0.15) is 51.9 Å². The highest BCUT2D eigenvalue weighted by molar-refractivity contribution is 5.76. The van der Waals surface area contributed by atoms with Crippen LogP contribution in [0, 0.1) is 11.8 Å². The van der Waals surface area contributed by atoms with Crippen LogP contribution in [-0.2, 0) is 4.79 Å². The maximum atomic E-state index is 11.2. The molecule has 0 aromatic heterocycles. The Balaban J connectivity index is 2.55. The molecule has 0 heterocycles. The predicted octanol–water partition coefficient (Wildman–Crippen LogP) is 2.47. The van der Waals surface area contributed by atoms with Crippen LogP contribution in [0.15, 0.2) is 0 Å². The van der Waals surface area contributed by atoms with Gasteiger partial charge in [0.1, 0.15) is 0 Å². The summed E-state index contributed by atoms with van der Waals surface area (Å²) in [6.07, 6.45) is 8.40. The lowest BCUT2D eigenvalue weighted by Gasteiger charge is -2.25. The molecule has 76 valence electrons. The van der Waals surface area contributed by atoms with Crippen molar-refractivity contribution >= 4 is 5.91 Å². The number of carbonyl (C=O) groups excluding carboxylic acids is 1. The molecule has 2 heteroatoms. The predicted molar refractivity (Wildman–Crippen MR) is 54.2 cm³/mol. The highest BCUT2D eigenvalue weighted by Crippen LogP contribution is 2.29. The Bertz CT molecular complexity index is 167. The fourth-order valence-corrected chi connectivity index (χ4v) is 2.42. The highest BCUT2D eigenvalue weighted by atomic mass is 16.1. The van der Waals surface area contributed by atoms with Gasteiger partial charge < -0.3 is 5.73 Å². The van der Waals surface area contributed by atoms with E-state index in [0.29, 0.717) is 5.92 Å². The number of hydrogen-bond donors (Lipinski definition) is 1. The van der Waals surface area contributed by atoms with Gasteiger partial charge in [-0.1, -0.05) is 39.0 Å². The second kappa shape index (κ2) is 5.25. The van der Waals surface area contributed by atoms with Crippen molar-refractivity contribution in [1.29, 1.82) is 0 Å². The van der Waals surface area contributed by atoms with Gasteiger partial charge in [-0.05, 0) is 18.8 Å². The van der Waals surface area contributed by atoms with Crippen molar-refractivity contribution in [1.82, 2.24) is 0 Å². The molecule has 0 aromatic carbocycles. The van der Waals surface area contributed by atoms with Crippen LogP contribution >= 0.6 is 0 Å². The maximum absolute atomic E-state index is 11.2. The van der Waals surface area contributed by atoms with Crippen LogP contribution in [0.25, 0.3) is 0 Å². The molecule has 2 atom stereocenters. The molecule has 0 aliphatic heterocycles. The average molecular weight is 183 g/mol. The van der Waals surface area contributed by atoms with Crippen molar-refractivity contribution in [2.75, 3.05) is 0 Å². The van der Waals surface area contributed by atoms with Gasteiger partial charge in [0.15, 0.2) is 0 Å². The number of amides is 1. The van der Waals surface area contributed by atoms with Gasteiger partial charge in [-0.3, -0.25) is 4.79 Å². The third-order valence-corrected chi connectivity index (χ3v) is 3.30. The van der Waals surface area contributed by atoms with Crippen LogP contribution in [0.2, 0.25) is 0 Å². The van der Waals surface area contributed by atoms with Crippen molar-refractivity contribution in [2.45, 2.75) is 51.9 Å². The van der Waals surface area contributed by atoms with Gasteiger partial charge in [-0.2, -0.15) is 0 Å². The van der Waals surface area contributed by atoms with Crippen molar-refractivity contribution in [3.05, 3.63) is 0 Å². The average Bonchev–Trinajstić information content (AvgIpc) is 2.03. The molecule has 2 N–H and O–H groups in total. The molecule has 1 aliphatic rings. The van der Waals surface area contributed by atoms with E-state index in [1.807, 2.05) is 0 Å². The quantitative estimate of drug-likeness (QED) is 0.702. The summed E-state index contributed by atoms with van der Waals surface area (Å²) in [4.78, 5) is 11.2. The molecule has 0 saturated heterocycles. The second-order valence-electron chi connectivity index (χ2n) is 4.17. The SMILES string of the molecule is CCC1CCCCCCC1C(N)=O. The maximum Gasteiger partial charge on any atom is 0.220 e. The zero-order chi connectivity index (χ0) is 9.68. The minimum absolute atomic E-state index is 0.0752. The van der Waals surface area contributed by atoms with Crippen LogP contribution < -0.4 is 5.73 Å². The summed E-state index contributed by atoms with van der Waals surface area (Å²) in [5.74, 6) is 0.636. The Morgan fingerprint density at radius 2 is 1.85 bits per heavy atom. The van der Waals surface area contributed by atoms with E-state index >= 15 is 0 Å². The van der Waals surface area contributed by atoms with Gasteiger partial charge in [0, 0.05) is 5.92 Å². The lowest BCUT2D eigenvalue weighted by Crippen LogP contribution is -2.30. The van der Waals surface area contributed by atoms with Crippen LogP contribution in [0.3, 0.4) is 0 Å². The van der Waals surface area contributed by atoms with Gasteiger partial charge in [0.05, 0.1) is 0 Å². The Kier molecular flexibility index (Phi) is 4.26. The molecule has 2 nitrogen and oxygen atoms in total. The topological polar surface area (TPSA) is 43.1 Å². The van der Waals surface area contributed by atoms with Crippen LogP contribution in [0.4, 0.5) is 0 Å². The first-order chi connectivity index (χ1) is 6.25. The van der Waals surface area contributed by atoms with E-state index in [4.69, 9.17) is 5.73 Å². The molecule has 0 spiro atoms. The second-order valence-corrected chi connectivity index (χ2v) is 4.17. The highest BCUT2D eigenvalue weighted by Gasteiger charge is 2.25. The smallest absolute Gasteiger partial charge is 0.220 e. The molecule has 2 unspecified atom stereocenters. The number of primary amides is 1. The number of nitrogens with two attached hydrogens (primary N) is 1. The van der Waals surface area contributed by atoms with Crippen molar-refractivity contribution in [3.63, 3.8) is 0 Å². The molecule has 1 saturated carbocycles. The van der Waals surface area contributed by atoms with Gasteiger partial charge >= 0.3 is 0 Å². The van der Waals surface area contributed by atoms with Crippen molar-refractivity contribution < 1.29 is 4.79 Å².